The van der Waals surface area contributed by atoms with Gasteiger partial charge in [-0.2, -0.15) is 10.2 Å². The third-order valence-corrected chi connectivity index (χ3v) is 2.33. The zero-order chi connectivity index (χ0) is 13.7. The number of pyridine rings is 1. The molecule has 0 spiro atoms. The number of hydrogen-bond donors (Lipinski definition) is 3. The van der Waals surface area contributed by atoms with E-state index >= 15 is 0 Å². The average molecular weight is 262 g/mol. The highest BCUT2D eigenvalue weighted by Gasteiger charge is 2.15. The molecule has 0 saturated carbocycles. The Kier molecular flexibility index (Phi) is 3.94. The third-order valence-electron chi connectivity index (χ3n) is 2.33. The maximum absolute atomic E-state index is 13.8. The van der Waals surface area contributed by atoms with E-state index in [1.807, 2.05) is 0 Å². The summed E-state index contributed by atoms with van der Waals surface area (Å²) >= 11 is 0. The lowest BCUT2D eigenvalue weighted by Gasteiger charge is -2.07. The number of rotatable bonds is 4. The number of amides is 1. The van der Waals surface area contributed by atoms with Crippen LogP contribution in [0, 0.1) is 5.82 Å². The predicted molar refractivity (Wildman–Crippen MR) is 65.2 cm³/mol. The van der Waals surface area contributed by atoms with Gasteiger partial charge >= 0.3 is 0 Å². The molecule has 2 aromatic heterocycles. The molecule has 2 aromatic rings. The Morgan fingerprint density at radius 2 is 2.21 bits per heavy atom. The van der Waals surface area contributed by atoms with E-state index in [1.54, 1.807) is 12.1 Å². The average Bonchev–Trinajstić information content (AvgIpc) is 2.46. The number of carbonyl (C=O) groups excluding carboxylic acids is 1. The number of carbonyl (C=O) groups is 1. The minimum atomic E-state index is -0.804. The molecule has 0 aliphatic heterocycles. The number of halogens is 1. The van der Waals surface area contributed by atoms with Gasteiger partial charge in [-0.1, -0.05) is 0 Å². The molecule has 0 bridgehead atoms. The van der Waals surface area contributed by atoms with Gasteiger partial charge in [-0.3, -0.25) is 4.79 Å². The van der Waals surface area contributed by atoms with E-state index in [0.29, 0.717) is 5.69 Å². The molecule has 0 aliphatic rings. The smallest absolute Gasteiger partial charge is 0.254 e. The van der Waals surface area contributed by atoms with Crippen LogP contribution in [0.5, 0.6) is 0 Å². The topological polar surface area (TPSA) is 106 Å². The lowest BCUT2D eigenvalue weighted by molar-refractivity contribution is 0.0946. The van der Waals surface area contributed by atoms with Gasteiger partial charge in [0.1, 0.15) is 0 Å². The number of aromatic nitrogens is 3. The van der Waals surface area contributed by atoms with Crippen LogP contribution in [0.15, 0.2) is 30.6 Å². The summed E-state index contributed by atoms with van der Waals surface area (Å²) in [5.74, 6) is 3.51. The minimum absolute atomic E-state index is 0.146. The summed E-state index contributed by atoms with van der Waals surface area (Å²) in [4.78, 5) is 15.5. The molecular formula is C11H11FN6O. The summed E-state index contributed by atoms with van der Waals surface area (Å²) in [7, 11) is 0. The lowest BCUT2D eigenvalue weighted by Crippen LogP contribution is -2.25. The summed E-state index contributed by atoms with van der Waals surface area (Å²) in [5, 5.41) is 10.00. The van der Waals surface area contributed by atoms with Crippen molar-refractivity contribution in [3.8, 4) is 0 Å². The van der Waals surface area contributed by atoms with Crippen molar-refractivity contribution < 1.29 is 9.18 Å². The largest absolute Gasteiger partial charge is 0.346 e. The standard InChI is InChI=1S/C11H11FN6O/c12-9-8(3-5-14-10(9)17-13)11(19)15-6-7-2-1-4-16-18-7/h1-5H,6,13H2,(H,14,17)(H,15,19). The first-order chi connectivity index (χ1) is 9.22. The van der Waals surface area contributed by atoms with Crippen molar-refractivity contribution in [1.29, 1.82) is 0 Å². The van der Waals surface area contributed by atoms with Crippen LogP contribution in [-0.4, -0.2) is 21.1 Å². The molecular weight excluding hydrogens is 251 g/mol. The van der Waals surface area contributed by atoms with E-state index in [-0.39, 0.29) is 17.9 Å². The highest BCUT2D eigenvalue weighted by atomic mass is 19.1. The number of nitrogens with two attached hydrogens (primary N) is 1. The number of anilines is 1. The zero-order valence-corrected chi connectivity index (χ0v) is 9.80. The molecule has 7 nitrogen and oxygen atoms in total. The number of nitrogens with zero attached hydrogens (tertiary/aromatic N) is 3. The molecule has 0 fully saturated rings. The second kappa shape index (κ2) is 5.83. The van der Waals surface area contributed by atoms with Gasteiger partial charge in [0.05, 0.1) is 17.8 Å². The number of nitrogen functional groups attached to an aromatic ring is 1. The van der Waals surface area contributed by atoms with Crippen molar-refractivity contribution >= 4 is 11.7 Å². The SMILES string of the molecule is NNc1nccc(C(=O)NCc2cccnn2)c1F. The van der Waals surface area contributed by atoms with E-state index in [1.165, 1.54) is 18.5 Å². The van der Waals surface area contributed by atoms with E-state index in [0.717, 1.165) is 0 Å². The van der Waals surface area contributed by atoms with E-state index in [9.17, 15) is 9.18 Å². The summed E-state index contributed by atoms with van der Waals surface area (Å²) in [6.45, 7) is 0.153. The molecule has 1 amide bonds. The molecule has 8 heteroatoms. The first-order valence-corrected chi connectivity index (χ1v) is 5.38. The van der Waals surface area contributed by atoms with Gasteiger partial charge in [0.2, 0.25) is 0 Å². The molecule has 4 N–H and O–H groups in total. The van der Waals surface area contributed by atoms with E-state index < -0.39 is 11.7 Å². The molecule has 0 unspecified atom stereocenters. The Labute approximate surface area is 108 Å². The van der Waals surface area contributed by atoms with Gasteiger partial charge < -0.3 is 10.7 Å². The van der Waals surface area contributed by atoms with Crippen LogP contribution in [0.2, 0.25) is 0 Å². The van der Waals surface area contributed by atoms with Crippen molar-refractivity contribution in [1.82, 2.24) is 20.5 Å². The Morgan fingerprint density at radius 3 is 2.89 bits per heavy atom. The van der Waals surface area contributed by atoms with Crippen molar-refractivity contribution in [3.63, 3.8) is 0 Å². The molecule has 2 heterocycles. The summed E-state index contributed by atoms with van der Waals surface area (Å²) in [6.07, 6.45) is 2.81. The molecule has 0 radical (unpaired) electrons. The van der Waals surface area contributed by atoms with Crippen LogP contribution in [0.4, 0.5) is 10.2 Å². The zero-order valence-electron chi connectivity index (χ0n) is 9.80. The molecule has 0 aliphatic carbocycles. The molecule has 19 heavy (non-hydrogen) atoms. The van der Waals surface area contributed by atoms with Gasteiger partial charge in [0.25, 0.3) is 5.91 Å². The third kappa shape index (κ3) is 2.99. The highest BCUT2D eigenvalue weighted by Crippen LogP contribution is 2.13. The van der Waals surface area contributed by atoms with E-state index in [4.69, 9.17) is 5.84 Å². The Bertz CT molecular complexity index is 577. The summed E-state index contributed by atoms with van der Waals surface area (Å²) in [6, 6.07) is 4.66. The van der Waals surface area contributed by atoms with E-state index in [2.05, 4.69) is 25.9 Å². The molecule has 0 atom stereocenters. The van der Waals surface area contributed by atoms with Crippen LogP contribution in [-0.2, 0) is 6.54 Å². The van der Waals surface area contributed by atoms with Crippen molar-refractivity contribution in [2.24, 2.45) is 5.84 Å². The Balaban J connectivity index is 2.08. The number of hydrogen-bond acceptors (Lipinski definition) is 6. The fourth-order valence-electron chi connectivity index (χ4n) is 1.41. The van der Waals surface area contributed by atoms with Crippen molar-refractivity contribution in [3.05, 3.63) is 47.7 Å². The van der Waals surface area contributed by atoms with Gasteiger partial charge in [-0.05, 0) is 18.2 Å². The molecule has 98 valence electrons. The molecule has 2 rings (SSSR count). The van der Waals surface area contributed by atoms with Crippen LogP contribution in [0.3, 0.4) is 0 Å². The Morgan fingerprint density at radius 1 is 1.37 bits per heavy atom. The molecule has 0 saturated heterocycles. The van der Waals surface area contributed by atoms with Crippen molar-refractivity contribution in [2.45, 2.75) is 6.54 Å². The van der Waals surface area contributed by atoms with Crippen LogP contribution in [0.25, 0.3) is 0 Å². The normalized spacial score (nSPS) is 10.0. The second-order valence-electron chi connectivity index (χ2n) is 3.56. The van der Waals surface area contributed by atoms with Crippen LogP contribution < -0.4 is 16.6 Å². The fourth-order valence-corrected chi connectivity index (χ4v) is 1.41. The number of hydrazine groups is 1. The first kappa shape index (κ1) is 12.8. The molecule has 0 aromatic carbocycles. The predicted octanol–water partition coefficient (Wildman–Crippen LogP) is 0.226. The van der Waals surface area contributed by atoms with Gasteiger partial charge in [-0.25, -0.2) is 15.2 Å². The van der Waals surface area contributed by atoms with Gasteiger partial charge in [-0.15, -0.1) is 0 Å². The minimum Gasteiger partial charge on any atom is -0.346 e. The first-order valence-electron chi connectivity index (χ1n) is 5.38. The maximum Gasteiger partial charge on any atom is 0.254 e. The van der Waals surface area contributed by atoms with Crippen molar-refractivity contribution in [2.75, 3.05) is 5.43 Å². The van der Waals surface area contributed by atoms with Gasteiger partial charge in [0, 0.05) is 12.4 Å². The van der Waals surface area contributed by atoms with Gasteiger partial charge in [0.15, 0.2) is 11.6 Å². The van der Waals surface area contributed by atoms with Crippen LogP contribution >= 0.6 is 0 Å². The van der Waals surface area contributed by atoms with Crippen LogP contribution in [0.1, 0.15) is 16.1 Å². The quantitative estimate of drug-likeness (QED) is 0.538. The summed E-state index contributed by atoms with van der Waals surface area (Å²) < 4.78 is 13.8. The monoisotopic (exact) mass is 262 g/mol. The second-order valence-corrected chi connectivity index (χ2v) is 3.56. The summed E-state index contributed by atoms with van der Waals surface area (Å²) in [5.41, 5.74) is 2.50. The Hall–Kier alpha value is -2.61. The highest BCUT2D eigenvalue weighted by molar-refractivity contribution is 5.95. The lowest BCUT2D eigenvalue weighted by atomic mass is 10.2. The number of nitrogens with one attached hydrogen (secondary N) is 2. The fraction of sp³-hybridized carbons (Fsp3) is 0.0909. The maximum atomic E-state index is 13.8.